The van der Waals surface area contributed by atoms with Crippen LogP contribution in [-0.4, -0.2) is 12.1 Å². The third-order valence-corrected chi connectivity index (χ3v) is 3.67. The molecule has 0 amide bonds. The van der Waals surface area contributed by atoms with Gasteiger partial charge in [0.1, 0.15) is 12.1 Å². The molecule has 0 bridgehead atoms. The second kappa shape index (κ2) is 5.76. The second-order valence-electron chi connectivity index (χ2n) is 4.74. The Bertz CT molecular complexity index is 383. The SMILES string of the molecule is O=CC[C@@H](c1ccccc1)[C@@H]1CCCCC1=O. The van der Waals surface area contributed by atoms with Crippen LogP contribution in [0.1, 0.15) is 43.6 Å². The molecule has 17 heavy (non-hydrogen) atoms. The van der Waals surface area contributed by atoms with Crippen LogP contribution in [-0.2, 0) is 9.59 Å². The molecule has 1 saturated carbocycles. The molecule has 0 aromatic heterocycles. The molecule has 0 unspecified atom stereocenters. The van der Waals surface area contributed by atoms with Gasteiger partial charge in [-0.05, 0) is 18.4 Å². The molecule has 1 aromatic carbocycles. The van der Waals surface area contributed by atoms with E-state index >= 15 is 0 Å². The van der Waals surface area contributed by atoms with Crippen molar-refractivity contribution in [2.24, 2.45) is 5.92 Å². The fourth-order valence-corrected chi connectivity index (χ4v) is 2.77. The van der Waals surface area contributed by atoms with E-state index in [-0.39, 0.29) is 11.8 Å². The Morgan fingerprint density at radius 3 is 2.65 bits per heavy atom. The highest BCUT2D eigenvalue weighted by molar-refractivity contribution is 5.83. The van der Waals surface area contributed by atoms with E-state index in [1.807, 2.05) is 30.3 Å². The minimum Gasteiger partial charge on any atom is -0.303 e. The van der Waals surface area contributed by atoms with Gasteiger partial charge >= 0.3 is 0 Å². The lowest BCUT2D eigenvalue weighted by molar-refractivity contribution is -0.125. The molecule has 1 aromatic rings. The minimum atomic E-state index is 0.0522. The van der Waals surface area contributed by atoms with Crippen molar-refractivity contribution in [3.63, 3.8) is 0 Å². The van der Waals surface area contributed by atoms with Gasteiger partial charge in [0.15, 0.2) is 0 Å². The summed E-state index contributed by atoms with van der Waals surface area (Å²) in [5, 5.41) is 0. The van der Waals surface area contributed by atoms with Gasteiger partial charge in [0, 0.05) is 24.7 Å². The van der Waals surface area contributed by atoms with Crippen LogP contribution >= 0.6 is 0 Å². The van der Waals surface area contributed by atoms with Crippen LogP contribution in [0, 0.1) is 5.92 Å². The monoisotopic (exact) mass is 230 g/mol. The zero-order chi connectivity index (χ0) is 12.1. The Morgan fingerprint density at radius 1 is 1.24 bits per heavy atom. The van der Waals surface area contributed by atoms with Gasteiger partial charge in [-0.3, -0.25) is 4.79 Å². The van der Waals surface area contributed by atoms with Crippen molar-refractivity contribution >= 4 is 12.1 Å². The normalized spacial score (nSPS) is 22.1. The molecule has 1 aliphatic carbocycles. The van der Waals surface area contributed by atoms with Crippen LogP contribution < -0.4 is 0 Å². The molecule has 2 atom stereocenters. The highest BCUT2D eigenvalue weighted by Gasteiger charge is 2.30. The molecular weight excluding hydrogens is 212 g/mol. The smallest absolute Gasteiger partial charge is 0.136 e. The van der Waals surface area contributed by atoms with Gasteiger partial charge in [0.2, 0.25) is 0 Å². The van der Waals surface area contributed by atoms with Gasteiger partial charge in [0.05, 0.1) is 0 Å². The summed E-state index contributed by atoms with van der Waals surface area (Å²) in [6.07, 6.45) is 5.15. The van der Waals surface area contributed by atoms with Crippen LogP contribution in [0.4, 0.5) is 0 Å². The van der Waals surface area contributed by atoms with E-state index in [9.17, 15) is 9.59 Å². The van der Waals surface area contributed by atoms with Gasteiger partial charge in [0.25, 0.3) is 0 Å². The van der Waals surface area contributed by atoms with Gasteiger partial charge in [-0.15, -0.1) is 0 Å². The molecule has 2 rings (SSSR count). The summed E-state index contributed by atoms with van der Waals surface area (Å²) in [5.74, 6) is 0.477. The number of hydrogen-bond acceptors (Lipinski definition) is 2. The maximum absolute atomic E-state index is 12.0. The summed E-state index contributed by atoms with van der Waals surface area (Å²) < 4.78 is 0. The zero-order valence-electron chi connectivity index (χ0n) is 9.97. The van der Waals surface area contributed by atoms with E-state index in [0.29, 0.717) is 18.6 Å². The van der Waals surface area contributed by atoms with Gasteiger partial charge in [-0.2, -0.15) is 0 Å². The summed E-state index contributed by atoms with van der Waals surface area (Å²) in [4.78, 5) is 22.8. The van der Waals surface area contributed by atoms with E-state index in [1.54, 1.807) is 0 Å². The van der Waals surface area contributed by atoms with E-state index in [1.165, 1.54) is 0 Å². The van der Waals surface area contributed by atoms with E-state index in [0.717, 1.165) is 31.1 Å². The summed E-state index contributed by atoms with van der Waals surface area (Å²) >= 11 is 0. The molecule has 90 valence electrons. The average Bonchev–Trinajstić information content (AvgIpc) is 2.38. The van der Waals surface area contributed by atoms with Crippen LogP contribution in [0.5, 0.6) is 0 Å². The number of ketones is 1. The first-order valence-corrected chi connectivity index (χ1v) is 6.34. The summed E-state index contributed by atoms with van der Waals surface area (Å²) in [6, 6.07) is 9.96. The van der Waals surface area contributed by atoms with Crippen LogP contribution in [0.25, 0.3) is 0 Å². The average molecular weight is 230 g/mol. The number of carbonyl (C=O) groups excluding carboxylic acids is 2. The first-order valence-electron chi connectivity index (χ1n) is 6.34. The number of hydrogen-bond donors (Lipinski definition) is 0. The predicted molar refractivity (Wildman–Crippen MR) is 66.8 cm³/mol. The molecule has 1 fully saturated rings. The number of Topliss-reactive ketones (excluding diaryl/α,β-unsaturated/α-hetero) is 1. The lowest BCUT2D eigenvalue weighted by Gasteiger charge is -2.28. The fraction of sp³-hybridized carbons (Fsp3) is 0.467. The number of benzene rings is 1. The molecule has 2 heteroatoms. The third-order valence-electron chi connectivity index (χ3n) is 3.67. The van der Waals surface area contributed by atoms with Crippen molar-refractivity contribution in [3.05, 3.63) is 35.9 Å². The quantitative estimate of drug-likeness (QED) is 0.745. The molecule has 2 nitrogen and oxygen atoms in total. The molecule has 0 aliphatic heterocycles. The molecule has 0 saturated heterocycles. The van der Waals surface area contributed by atoms with Gasteiger partial charge in [-0.1, -0.05) is 36.8 Å². The first-order chi connectivity index (χ1) is 8.33. The van der Waals surface area contributed by atoms with Crippen molar-refractivity contribution < 1.29 is 9.59 Å². The standard InChI is InChI=1S/C15H18O2/c16-11-10-13(12-6-2-1-3-7-12)14-8-4-5-9-15(14)17/h1-3,6-7,11,13-14H,4-5,8-10H2/t13-,14-/m0/s1. The van der Waals surface area contributed by atoms with Crippen molar-refractivity contribution in [1.29, 1.82) is 0 Å². The highest BCUT2D eigenvalue weighted by atomic mass is 16.1. The Morgan fingerprint density at radius 2 is 2.00 bits per heavy atom. The zero-order valence-corrected chi connectivity index (χ0v) is 9.97. The maximum atomic E-state index is 12.0. The Kier molecular flexibility index (Phi) is 4.08. The van der Waals surface area contributed by atoms with Gasteiger partial charge in [-0.25, -0.2) is 0 Å². The number of aldehydes is 1. The first kappa shape index (κ1) is 12.0. The van der Waals surface area contributed by atoms with Crippen LogP contribution in [0.3, 0.4) is 0 Å². The van der Waals surface area contributed by atoms with Crippen molar-refractivity contribution in [2.75, 3.05) is 0 Å². The minimum absolute atomic E-state index is 0.0522. The highest BCUT2D eigenvalue weighted by Crippen LogP contribution is 2.35. The molecular formula is C15H18O2. The van der Waals surface area contributed by atoms with Crippen molar-refractivity contribution in [3.8, 4) is 0 Å². The van der Waals surface area contributed by atoms with Crippen molar-refractivity contribution in [2.45, 2.75) is 38.0 Å². The predicted octanol–water partition coefficient (Wildman–Crippen LogP) is 3.12. The van der Waals surface area contributed by atoms with E-state index in [2.05, 4.69) is 0 Å². The number of carbonyl (C=O) groups is 2. The van der Waals surface area contributed by atoms with Crippen LogP contribution in [0.2, 0.25) is 0 Å². The molecule has 1 aliphatic rings. The maximum Gasteiger partial charge on any atom is 0.136 e. The topological polar surface area (TPSA) is 34.1 Å². The second-order valence-corrected chi connectivity index (χ2v) is 4.74. The third kappa shape index (κ3) is 2.82. The van der Waals surface area contributed by atoms with E-state index in [4.69, 9.17) is 0 Å². The lowest BCUT2D eigenvalue weighted by Crippen LogP contribution is -2.26. The lowest BCUT2D eigenvalue weighted by atomic mass is 9.75. The summed E-state index contributed by atoms with van der Waals surface area (Å²) in [7, 11) is 0. The molecule has 0 spiro atoms. The molecule has 0 N–H and O–H groups in total. The van der Waals surface area contributed by atoms with E-state index < -0.39 is 0 Å². The molecule has 0 radical (unpaired) electrons. The summed E-state index contributed by atoms with van der Waals surface area (Å²) in [6.45, 7) is 0. The van der Waals surface area contributed by atoms with Crippen LogP contribution in [0.15, 0.2) is 30.3 Å². The summed E-state index contributed by atoms with van der Waals surface area (Å²) in [5.41, 5.74) is 1.12. The Balaban J connectivity index is 2.22. The Hall–Kier alpha value is -1.44. The number of rotatable bonds is 4. The van der Waals surface area contributed by atoms with Gasteiger partial charge < -0.3 is 4.79 Å². The Labute approximate surface area is 102 Å². The van der Waals surface area contributed by atoms with Crippen molar-refractivity contribution in [1.82, 2.24) is 0 Å². The largest absolute Gasteiger partial charge is 0.303 e. The molecule has 0 heterocycles. The fourth-order valence-electron chi connectivity index (χ4n) is 2.77.